The molecule has 0 unspecified atom stereocenters. The zero-order valence-corrected chi connectivity index (χ0v) is 19.9. The second-order valence-electron chi connectivity index (χ2n) is 7.04. The van der Waals surface area contributed by atoms with Crippen molar-refractivity contribution < 1.29 is 19.1 Å². The Hall–Kier alpha value is -3.55. The van der Waals surface area contributed by atoms with Crippen molar-refractivity contribution in [2.75, 3.05) is 11.9 Å². The topological polar surface area (TPSA) is 89.0 Å². The molecule has 0 atom stereocenters. The fourth-order valence-electron chi connectivity index (χ4n) is 2.88. The van der Waals surface area contributed by atoms with E-state index in [4.69, 9.17) is 32.7 Å². The van der Waals surface area contributed by atoms with Gasteiger partial charge >= 0.3 is 0 Å². The number of amides is 2. The third kappa shape index (κ3) is 7.79. The zero-order chi connectivity index (χ0) is 24.3. The van der Waals surface area contributed by atoms with Gasteiger partial charge < -0.3 is 14.8 Å². The number of ether oxygens (including phenoxy) is 2. The number of carbonyl (C=O) groups is 2. The standard InChI is InChI=1S/C25H23Cl2N3O4/c1-2-33-21-11-9-20(10-12-21)29-24(31)14-25(32)30-28-15-17-5-3-4-6-23(17)34-16-18-7-8-19(26)13-22(18)27/h3-13,15H,2,14,16H2,1H3,(H,29,31)(H,30,32). The first-order valence-electron chi connectivity index (χ1n) is 10.4. The summed E-state index contributed by atoms with van der Waals surface area (Å²) in [5.41, 5.74) is 4.34. The van der Waals surface area contributed by atoms with Crippen LogP contribution in [0.2, 0.25) is 10.0 Å². The van der Waals surface area contributed by atoms with Gasteiger partial charge in [0.25, 0.3) is 0 Å². The van der Waals surface area contributed by atoms with Gasteiger partial charge in [-0.15, -0.1) is 0 Å². The molecule has 0 heterocycles. The van der Waals surface area contributed by atoms with Gasteiger partial charge in [0.1, 0.15) is 24.5 Å². The molecule has 3 rings (SSSR count). The van der Waals surface area contributed by atoms with Crippen molar-refractivity contribution in [3.05, 3.63) is 87.9 Å². The average molecular weight is 500 g/mol. The van der Waals surface area contributed by atoms with E-state index in [2.05, 4.69) is 15.8 Å². The fourth-order valence-corrected chi connectivity index (χ4v) is 3.34. The molecule has 3 aromatic carbocycles. The summed E-state index contributed by atoms with van der Waals surface area (Å²) >= 11 is 12.1. The minimum Gasteiger partial charge on any atom is -0.494 e. The number of nitrogens with zero attached hydrogens (tertiary/aromatic N) is 1. The average Bonchev–Trinajstić information content (AvgIpc) is 2.81. The normalized spacial score (nSPS) is 10.7. The Labute approximate surface area is 207 Å². The van der Waals surface area contributed by atoms with Crippen LogP contribution >= 0.6 is 23.2 Å². The summed E-state index contributed by atoms with van der Waals surface area (Å²) in [6.45, 7) is 2.68. The second-order valence-corrected chi connectivity index (χ2v) is 7.88. The van der Waals surface area contributed by atoms with Gasteiger partial charge in [-0.3, -0.25) is 9.59 Å². The number of para-hydroxylation sites is 1. The number of halogens is 2. The Bertz CT molecular complexity index is 1170. The van der Waals surface area contributed by atoms with Crippen LogP contribution in [0.1, 0.15) is 24.5 Å². The van der Waals surface area contributed by atoms with Gasteiger partial charge in [0.05, 0.1) is 12.8 Å². The SMILES string of the molecule is CCOc1ccc(NC(=O)CC(=O)NN=Cc2ccccc2OCc2ccc(Cl)cc2Cl)cc1. The molecule has 0 aromatic heterocycles. The van der Waals surface area contributed by atoms with Crippen LogP contribution < -0.4 is 20.2 Å². The molecule has 0 aliphatic rings. The Morgan fingerprint density at radius 2 is 1.74 bits per heavy atom. The van der Waals surface area contributed by atoms with Crippen LogP contribution in [0.3, 0.4) is 0 Å². The molecule has 176 valence electrons. The number of rotatable bonds is 10. The van der Waals surface area contributed by atoms with E-state index in [1.54, 1.807) is 54.6 Å². The summed E-state index contributed by atoms with van der Waals surface area (Å²) in [6, 6.07) is 19.3. The summed E-state index contributed by atoms with van der Waals surface area (Å²) < 4.78 is 11.2. The number of benzene rings is 3. The lowest BCUT2D eigenvalue weighted by molar-refractivity contribution is -0.126. The zero-order valence-electron chi connectivity index (χ0n) is 18.4. The van der Waals surface area contributed by atoms with Gasteiger partial charge in [0, 0.05) is 26.9 Å². The highest BCUT2D eigenvalue weighted by Crippen LogP contribution is 2.24. The molecule has 7 nitrogen and oxygen atoms in total. The van der Waals surface area contributed by atoms with Gasteiger partial charge in [0.15, 0.2) is 0 Å². The molecule has 9 heteroatoms. The highest BCUT2D eigenvalue weighted by Gasteiger charge is 2.10. The van der Waals surface area contributed by atoms with Crippen LogP contribution in [-0.4, -0.2) is 24.6 Å². The number of carbonyl (C=O) groups excluding carboxylic acids is 2. The molecular formula is C25H23Cl2N3O4. The second kappa shape index (κ2) is 12.6. The van der Waals surface area contributed by atoms with E-state index in [0.29, 0.717) is 39.4 Å². The molecule has 2 amide bonds. The lowest BCUT2D eigenvalue weighted by atomic mass is 10.2. The number of nitrogens with one attached hydrogen (secondary N) is 2. The number of anilines is 1. The van der Waals surface area contributed by atoms with E-state index in [1.165, 1.54) is 6.21 Å². The largest absolute Gasteiger partial charge is 0.494 e. The molecule has 0 saturated heterocycles. The first-order valence-corrected chi connectivity index (χ1v) is 11.2. The van der Waals surface area contributed by atoms with Crippen molar-refractivity contribution in [2.45, 2.75) is 20.0 Å². The maximum absolute atomic E-state index is 12.1. The van der Waals surface area contributed by atoms with Crippen molar-refractivity contribution in [1.82, 2.24) is 5.43 Å². The Balaban J connectivity index is 1.50. The molecule has 0 saturated carbocycles. The maximum Gasteiger partial charge on any atom is 0.249 e. The summed E-state index contributed by atoms with van der Waals surface area (Å²) in [7, 11) is 0. The number of hydrogen-bond acceptors (Lipinski definition) is 5. The fraction of sp³-hybridized carbons (Fsp3) is 0.160. The summed E-state index contributed by atoms with van der Waals surface area (Å²) in [5, 5.41) is 7.64. The minimum atomic E-state index is -0.550. The summed E-state index contributed by atoms with van der Waals surface area (Å²) in [4.78, 5) is 24.2. The van der Waals surface area contributed by atoms with Crippen molar-refractivity contribution in [3.8, 4) is 11.5 Å². The predicted molar refractivity (Wildman–Crippen MR) is 134 cm³/mol. The van der Waals surface area contributed by atoms with Gasteiger partial charge in [-0.1, -0.05) is 41.4 Å². The molecule has 0 bridgehead atoms. The predicted octanol–water partition coefficient (Wildman–Crippen LogP) is 5.45. The molecule has 2 N–H and O–H groups in total. The smallest absolute Gasteiger partial charge is 0.249 e. The van der Waals surface area contributed by atoms with Crippen LogP contribution in [-0.2, 0) is 16.2 Å². The lowest BCUT2D eigenvalue weighted by Crippen LogP contribution is -2.24. The minimum absolute atomic E-state index is 0.235. The summed E-state index contributed by atoms with van der Waals surface area (Å²) in [5.74, 6) is 0.249. The molecule has 3 aromatic rings. The molecule has 0 spiro atoms. The highest BCUT2D eigenvalue weighted by molar-refractivity contribution is 6.35. The van der Waals surface area contributed by atoms with E-state index >= 15 is 0 Å². The molecule has 0 aliphatic heterocycles. The van der Waals surface area contributed by atoms with E-state index in [0.717, 1.165) is 5.56 Å². The summed E-state index contributed by atoms with van der Waals surface area (Å²) in [6.07, 6.45) is 1.07. The first-order chi connectivity index (χ1) is 16.4. The van der Waals surface area contributed by atoms with Gasteiger partial charge in [-0.05, 0) is 55.5 Å². The third-order valence-electron chi connectivity index (χ3n) is 4.48. The van der Waals surface area contributed by atoms with E-state index in [-0.39, 0.29) is 13.0 Å². The Kier molecular flexibility index (Phi) is 9.31. The molecular weight excluding hydrogens is 477 g/mol. The van der Waals surface area contributed by atoms with E-state index in [1.807, 2.05) is 19.1 Å². The van der Waals surface area contributed by atoms with Crippen LogP contribution in [0.4, 0.5) is 5.69 Å². The number of hydrazone groups is 1. The molecule has 0 fully saturated rings. The van der Waals surface area contributed by atoms with Crippen molar-refractivity contribution >= 4 is 46.9 Å². The van der Waals surface area contributed by atoms with Crippen LogP contribution in [0.25, 0.3) is 0 Å². The van der Waals surface area contributed by atoms with E-state index < -0.39 is 11.8 Å². The highest BCUT2D eigenvalue weighted by atomic mass is 35.5. The van der Waals surface area contributed by atoms with Crippen LogP contribution in [0.5, 0.6) is 11.5 Å². The van der Waals surface area contributed by atoms with Crippen molar-refractivity contribution in [3.63, 3.8) is 0 Å². The Morgan fingerprint density at radius 1 is 0.971 bits per heavy atom. The van der Waals surface area contributed by atoms with Gasteiger partial charge in [-0.2, -0.15) is 5.10 Å². The van der Waals surface area contributed by atoms with Crippen molar-refractivity contribution in [2.24, 2.45) is 5.10 Å². The third-order valence-corrected chi connectivity index (χ3v) is 5.07. The first kappa shape index (κ1) is 25.1. The van der Waals surface area contributed by atoms with Gasteiger partial charge in [0.2, 0.25) is 11.8 Å². The van der Waals surface area contributed by atoms with Gasteiger partial charge in [-0.25, -0.2) is 5.43 Å². The number of hydrogen-bond donors (Lipinski definition) is 2. The Morgan fingerprint density at radius 3 is 2.47 bits per heavy atom. The quantitative estimate of drug-likeness (QED) is 0.220. The lowest BCUT2D eigenvalue weighted by Gasteiger charge is -2.10. The molecule has 0 radical (unpaired) electrons. The monoisotopic (exact) mass is 499 g/mol. The van der Waals surface area contributed by atoms with Crippen LogP contribution in [0, 0.1) is 0 Å². The van der Waals surface area contributed by atoms with Crippen molar-refractivity contribution in [1.29, 1.82) is 0 Å². The molecule has 0 aliphatic carbocycles. The molecule has 34 heavy (non-hydrogen) atoms. The van der Waals surface area contributed by atoms with Crippen LogP contribution in [0.15, 0.2) is 71.8 Å². The maximum atomic E-state index is 12.1. The van der Waals surface area contributed by atoms with E-state index in [9.17, 15) is 9.59 Å².